The van der Waals surface area contributed by atoms with Gasteiger partial charge in [0.15, 0.2) is 0 Å². The van der Waals surface area contributed by atoms with Gasteiger partial charge in [0.1, 0.15) is 0 Å². The Morgan fingerprint density at radius 1 is 1.40 bits per heavy atom. The molecule has 1 aromatic rings. The predicted molar refractivity (Wildman–Crippen MR) is 44.9 cm³/mol. The van der Waals surface area contributed by atoms with E-state index in [-0.39, 0.29) is 12.4 Å². The Morgan fingerprint density at radius 2 is 1.70 bits per heavy atom. The molecule has 0 bridgehead atoms. The minimum Gasteiger partial charge on any atom is -0.481 e. The fourth-order valence-corrected chi connectivity index (χ4v) is 0.680. The standard InChI is InChI=1S/C4H4S.C2H4O2.ClH/c1-2-4-5-3-1;1-2(3)4;/h1-4H;1H3,(H,3,4);1H. The van der Waals surface area contributed by atoms with Gasteiger partial charge in [-0.05, 0) is 10.8 Å². The molecule has 0 unspecified atom stereocenters. The zero-order valence-corrected chi connectivity index (χ0v) is 7.11. The minimum absolute atomic E-state index is 0. The largest absolute Gasteiger partial charge is 0.481 e. The van der Waals surface area contributed by atoms with E-state index < -0.39 is 5.97 Å². The molecule has 0 aliphatic carbocycles. The molecule has 0 amide bonds. The third-order valence-corrected chi connectivity index (χ3v) is 1.05. The smallest absolute Gasteiger partial charge is 0.300 e. The number of carboxylic acid groups (broad SMARTS) is 1. The first-order valence-corrected chi connectivity index (χ1v) is 3.34. The van der Waals surface area contributed by atoms with Crippen LogP contribution in [0, 0.1) is 0 Å². The first kappa shape index (κ1) is 12.2. The van der Waals surface area contributed by atoms with Crippen molar-refractivity contribution in [1.29, 1.82) is 0 Å². The molecule has 0 atom stereocenters. The van der Waals surface area contributed by atoms with Crippen LogP contribution in [0.15, 0.2) is 22.9 Å². The average molecular weight is 181 g/mol. The highest BCUT2D eigenvalue weighted by atomic mass is 35.5. The molecule has 0 saturated carbocycles. The van der Waals surface area contributed by atoms with Gasteiger partial charge in [-0.2, -0.15) is 11.3 Å². The quantitative estimate of drug-likeness (QED) is 0.665. The maximum atomic E-state index is 9.00. The van der Waals surface area contributed by atoms with Crippen molar-refractivity contribution in [3.8, 4) is 0 Å². The lowest BCUT2D eigenvalue weighted by atomic mass is 10.7. The van der Waals surface area contributed by atoms with Crippen LogP contribution < -0.4 is 0 Å². The van der Waals surface area contributed by atoms with Gasteiger partial charge in [0.25, 0.3) is 5.97 Å². The molecular weight excluding hydrogens is 172 g/mol. The van der Waals surface area contributed by atoms with Gasteiger partial charge in [-0.3, -0.25) is 4.79 Å². The average Bonchev–Trinajstić information content (AvgIpc) is 2.11. The lowest BCUT2D eigenvalue weighted by molar-refractivity contribution is -0.134. The summed E-state index contributed by atoms with van der Waals surface area (Å²) in [7, 11) is 0. The van der Waals surface area contributed by atoms with Crippen molar-refractivity contribution in [2.75, 3.05) is 0 Å². The molecule has 4 heteroatoms. The lowest BCUT2D eigenvalue weighted by Gasteiger charge is -1.59. The summed E-state index contributed by atoms with van der Waals surface area (Å²) in [6, 6.07) is 4.04. The van der Waals surface area contributed by atoms with Gasteiger partial charge in [-0.15, -0.1) is 12.4 Å². The highest BCUT2D eigenvalue weighted by Crippen LogP contribution is 1.91. The van der Waals surface area contributed by atoms with Crippen molar-refractivity contribution >= 4 is 29.7 Å². The summed E-state index contributed by atoms with van der Waals surface area (Å²) in [4.78, 5) is 9.00. The molecule has 2 nitrogen and oxygen atoms in total. The van der Waals surface area contributed by atoms with Crippen LogP contribution in [-0.2, 0) is 4.79 Å². The van der Waals surface area contributed by atoms with Crippen molar-refractivity contribution in [2.24, 2.45) is 0 Å². The molecule has 0 saturated heterocycles. The highest BCUT2D eigenvalue weighted by Gasteiger charge is 1.65. The summed E-state index contributed by atoms with van der Waals surface area (Å²) in [5.41, 5.74) is 0. The molecule has 0 aromatic carbocycles. The van der Waals surface area contributed by atoms with Gasteiger partial charge < -0.3 is 5.11 Å². The minimum atomic E-state index is -0.833. The van der Waals surface area contributed by atoms with Crippen LogP contribution in [0.1, 0.15) is 6.92 Å². The first-order valence-electron chi connectivity index (χ1n) is 2.40. The van der Waals surface area contributed by atoms with Gasteiger partial charge in [0.05, 0.1) is 0 Å². The second-order valence-corrected chi connectivity index (χ2v) is 2.13. The molecule has 0 fully saturated rings. The Kier molecular flexibility index (Phi) is 10.3. The second-order valence-electron chi connectivity index (χ2n) is 1.31. The van der Waals surface area contributed by atoms with Crippen molar-refractivity contribution in [3.05, 3.63) is 22.9 Å². The highest BCUT2D eigenvalue weighted by molar-refractivity contribution is 7.07. The Morgan fingerprint density at radius 3 is 1.80 bits per heavy atom. The summed E-state index contributed by atoms with van der Waals surface area (Å²) >= 11 is 1.71. The monoisotopic (exact) mass is 180 g/mol. The molecular formula is C6H9ClO2S. The van der Waals surface area contributed by atoms with Crippen molar-refractivity contribution in [1.82, 2.24) is 0 Å². The van der Waals surface area contributed by atoms with Crippen LogP contribution in [0.4, 0.5) is 0 Å². The summed E-state index contributed by atoms with van der Waals surface area (Å²) in [5, 5.41) is 11.5. The lowest BCUT2D eigenvalue weighted by Crippen LogP contribution is -1.78. The van der Waals surface area contributed by atoms with Gasteiger partial charge in [-0.1, -0.05) is 12.1 Å². The maximum Gasteiger partial charge on any atom is 0.300 e. The number of carbonyl (C=O) groups is 1. The van der Waals surface area contributed by atoms with E-state index in [4.69, 9.17) is 9.90 Å². The predicted octanol–water partition coefficient (Wildman–Crippen LogP) is 2.26. The van der Waals surface area contributed by atoms with Crippen molar-refractivity contribution < 1.29 is 9.90 Å². The van der Waals surface area contributed by atoms with Crippen LogP contribution in [0.3, 0.4) is 0 Å². The zero-order chi connectivity index (χ0) is 7.11. The molecule has 1 rings (SSSR count). The number of halogens is 1. The zero-order valence-electron chi connectivity index (χ0n) is 5.48. The van der Waals surface area contributed by atoms with E-state index in [9.17, 15) is 0 Å². The molecule has 58 valence electrons. The van der Waals surface area contributed by atoms with E-state index in [0.29, 0.717) is 0 Å². The normalized spacial score (nSPS) is 6.50. The number of hydrogen-bond acceptors (Lipinski definition) is 2. The molecule has 0 aliphatic rings. The second kappa shape index (κ2) is 8.46. The van der Waals surface area contributed by atoms with E-state index in [1.807, 2.05) is 22.9 Å². The maximum absolute atomic E-state index is 9.00. The van der Waals surface area contributed by atoms with E-state index in [1.54, 1.807) is 11.3 Å². The van der Waals surface area contributed by atoms with Gasteiger partial charge in [0, 0.05) is 6.92 Å². The first-order chi connectivity index (χ1) is 4.23. The Bertz CT molecular complexity index is 130. The number of rotatable bonds is 0. The van der Waals surface area contributed by atoms with E-state index in [0.717, 1.165) is 6.92 Å². The van der Waals surface area contributed by atoms with E-state index >= 15 is 0 Å². The fourth-order valence-electron chi connectivity index (χ4n) is 0.227. The van der Waals surface area contributed by atoms with Crippen LogP contribution in [0.2, 0.25) is 0 Å². The third kappa shape index (κ3) is 15.7. The van der Waals surface area contributed by atoms with Crippen LogP contribution in [-0.4, -0.2) is 11.1 Å². The van der Waals surface area contributed by atoms with Gasteiger partial charge in [-0.25, -0.2) is 0 Å². The number of thiophene rings is 1. The SMILES string of the molecule is CC(=O)O.Cl.c1ccsc1. The third-order valence-electron chi connectivity index (χ3n) is 0.425. The summed E-state index contributed by atoms with van der Waals surface area (Å²) in [6.07, 6.45) is 0. The molecule has 1 aromatic heterocycles. The number of hydrogen-bond donors (Lipinski definition) is 1. The molecule has 1 heterocycles. The number of aliphatic carboxylic acids is 1. The van der Waals surface area contributed by atoms with Crippen LogP contribution in [0.5, 0.6) is 0 Å². The van der Waals surface area contributed by atoms with E-state index in [1.165, 1.54) is 0 Å². The molecule has 1 N–H and O–H groups in total. The molecule has 10 heavy (non-hydrogen) atoms. The topological polar surface area (TPSA) is 37.3 Å². The van der Waals surface area contributed by atoms with Gasteiger partial charge in [0.2, 0.25) is 0 Å². The summed E-state index contributed by atoms with van der Waals surface area (Å²) in [5.74, 6) is -0.833. The Balaban J connectivity index is 0. The molecule has 0 spiro atoms. The molecule has 0 radical (unpaired) electrons. The Hall–Kier alpha value is -0.540. The molecule has 0 aliphatic heterocycles. The number of carboxylic acids is 1. The fraction of sp³-hybridized carbons (Fsp3) is 0.167. The van der Waals surface area contributed by atoms with Crippen LogP contribution in [0.25, 0.3) is 0 Å². The van der Waals surface area contributed by atoms with Crippen molar-refractivity contribution in [3.63, 3.8) is 0 Å². The summed E-state index contributed by atoms with van der Waals surface area (Å²) < 4.78 is 0. The van der Waals surface area contributed by atoms with Crippen molar-refractivity contribution in [2.45, 2.75) is 6.92 Å². The van der Waals surface area contributed by atoms with Gasteiger partial charge >= 0.3 is 0 Å². The summed E-state index contributed by atoms with van der Waals surface area (Å²) in [6.45, 7) is 1.08. The van der Waals surface area contributed by atoms with E-state index in [2.05, 4.69) is 0 Å². The Labute approximate surface area is 69.9 Å². The van der Waals surface area contributed by atoms with Crippen LogP contribution >= 0.6 is 23.7 Å².